The number of carbonyl (C=O) groups excluding carboxylic acids is 1. The Morgan fingerprint density at radius 1 is 1.08 bits per heavy atom. The normalized spacial score (nSPS) is 20.4. The van der Waals surface area contributed by atoms with Gasteiger partial charge in [-0.05, 0) is 48.4 Å². The molecule has 5 heteroatoms. The van der Waals surface area contributed by atoms with E-state index in [2.05, 4.69) is 15.6 Å². The summed E-state index contributed by atoms with van der Waals surface area (Å²) < 4.78 is 0. The number of amides is 2. The third-order valence-corrected chi connectivity index (χ3v) is 4.43. The average Bonchev–Trinajstić information content (AvgIpc) is 2.63. The molecule has 3 rings (SSSR count). The minimum Gasteiger partial charge on any atom is -0.393 e. The number of aliphatic hydroxyl groups excluding tert-OH is 1. The molecule has 0 atom stereocenters. The molecular formula is C19H23N3O2. The Morgan fingerprint density at radius 3 is 2.50 bits per heavy atom. The Kier molecular flexibility index (Phi) is 5.43. The zero-order valence-electron chi connectivity index (χ0n) is 13.6. The van der Waals surface area contributed by atoms with E-state index in [1.54, 1.807) is 6.20 Å². The van der Waals surface area contributed by atoms with E-state index in [0.29, 0.717) is 6.54 Å². The first-order valence-electron chi connectivity index (χ1n) is 8.42. The lowest BCUT2D eigenvalue weighted by Gasteiger charge is -2.26. The minimum atomic E-state index is -0.204. The Hall–Kier alpha value is -2.40. The lowest BCUT2D eigenvalue weighted by molar-refractivity contribution is 0.117. The van der Waals surface area contributed by atoms with Crippen LogP contribution in [0.2, 0.25) is 0 Å². The van der Waals surface area contributed by atoms with Gasteiger partial charge in [-0.15, -0.1) is 0 Å². The van der Waals surface area contributed by atoms with E-state index in [1.807, 2.05) is 42.6 Å². The van der Waals surface area contributed by atoms with Gasteiger partial charge < -0.3 is 15.7 Å². The van der Waals surface area contributed by atoms with Crippen LogP contribution in [0.3, 0.4) is 0 Å². The second-order valence-electron chi connectivity index (χ2n) is 6.27. The molecule has 0 spiro atoms. The van der Waals surface area contributed by atoms with Crippen molar-refractivity contribution in [1.82, 2.24) is 15.6 Å². The Balaban J connectivity index is 1.47. The predicted molar refractivity (Wildman–Crippen MR) is 93.3 cm³/mol. The topological polar surface area (TPSA) is 74.2 Å². The smallest absolute Gasteiger partial charge is 0.315 e. The van der Waals surface area contributed by atoms with Gasteiger partial charge in [0.1, 0.15) is 0 Å². The second-order valence-corrected chi connectivity index (χ2v) is 6.27. The largest absolute Gasteiger partial charge is 0.393 e. The molecule has 3 N–H and O–H groups in total. The maximum Gasteiger partial charge on any atom is 0.315 e. The highest BCUT2D eigenvalue weighted by Gasteiger charge is 2.20. The standard InChI is InChI=1S/C19H23N3O2/c23-18-9-7-17(8-10-18)22-19(24)21-12-14-3-5-15(6-4-14)16-2-1-11-20-13-16/h1-6,11,13,17-18,23H,7-10,12H2,(H2,21,22,24). The van der Waals surface area contributed by atoms with Gasteiger partial charge in [-0.3, -0.25) is 4.98 Å². The molecule has 126 valence electrons. The minimum absolute atomic E-state index is 0.146. The maximum atomic E-state index is 12.0. The summed E-state index contributed by atoms with van der Waals surface area (Å²) in [6.45, 7) is 0.495. The zero-order chi connectivity index (χ0) is 16.8. The average molecular weight is 325 g/mol. The summed E-state index contributed by atoms with van der Waals surface area (Å²) >= 11 is 0. The van der Waals surface area contributed by atoms with Crippen LogP contribution in [0.15, 0.2) is 48.8 Å². The number of rotatable bonds is 4. The highest BCUT2D eigenvalue weighted by Crippen LogP contribution is 2.19. The van der Waals surface area contributed by atoms with Crippen LogP contribution in [0, 0.1) is 0 Å². The van der Waals surface area contributed by atoms with Crippen molar-refractivity contribution in [3.8, 4) is 11.1 Å². The first kappa shape index (κ1) is 16.5. The van der Waals surface area contributed by atoms with E-state index >= 15 is 0 Å². The molecule has 1 fully saturated rings. The van der Waals surface area contributed by atoms with Gasteiger partial charge in [0.2, 0.25) is 0 Å². The first-order valence-corrected chi connectivity index (χ1v) is 8.42. The van der Waals surface area contributed by atoms with Crippen molar-refractivity contribution >= 4 is 6.03 Å². The van der Waals surface area contributed by atoms with Gasteiger partial charge in [-0.1, -0.05) is 30.3 Å². The van der Waals surface area contributed by atoms with E-state index in [-0.39, 0.29) is 18.2 Å². The Morgan fingerprint density at radius 2 is 1.83 bits per heavy atom. The molecule has 5 nitrogen and oxygen atoms in total. The lowest BCUT2D eigenvalue weighted by Crippen LogP contribution is -2.43. The number of pyridine rings is 1. The molecule has 1 aromatic carbocycles. The summed E-state index contributed by atoms with van der Waals surface area (Å²) in [4.78, 5) is 16.1. The first-order chi connectivity index (χ1) is 11.7. The number of aliphatic hydroxyl groups is 1. The van der Waals surface area contributed by atoms with E-state index in [4.69, 9.17) is 0 Å². The van der Waals surface area contributed by atoms with E-state index in [0.717, 1.165) is 42.4 Å². The molecule has 1 aliphatic carbocycles. The monoisotopic (exact) mass is 325 g/mol. The van der Waals surface area contributed by atoms with Crippen molar-refractivity contribution in [2.75, 3.05) is 0 Å². The molecule has 24 heavy (non-hydrogen) atoms. The van der Waals surface area contributed by atoms with Crippen molar-refractivity contribution in [3.63, 3.8) is 0 Å². The van der Waals surface area contributed by atoms with Gasteiger partial charge >= 0.3 is 6.03 Å². The van der Waals surface area contributed by atoms with Crippen LogP contribution >= 0.6 is 0 Å². The fraction of sp³-hybridized carbons (Fsp3) is 0.368. The molecule has 1 aromatic heterocycles. The van der Waals surface area contributed by atoms with E-state index in [1.165, 1.54) is 0 Å². The van der Waals surface area contributed by atoms with Gasteiger partial charge in [0.05, 0.1) is 6.10 Å². The summed E-state index contributed by atoms with van der Waals surface area (Å²) in [5.74, 6) is 0. The molecular weight excluding hydrogens is 302 g/mol. The van der Waals surface area contributed by atoms with Gasteiger partial charge in [0.15, 0.2) is 0 Å². The van der Waals surface area contributed by atoms with Crippen molar-refractivity contribution in [2.45, 2.75) is 44.4 Å². The maximum absolute atomic E-state index is 12.0. The molecule has 1 saturated carbocycles. The third kappa shape index (κ3) is 4.55. The molecule has 1 aliphatic rings. The van der Waals surface area contributed by atoms with Crippen LogP contribution in [0.25, 0.3) is 11.1 Å². The predicted octanol–water partition coefficient (Wildman–Crippen LogP) is 2.85. The molecule has 2 amide bonds. The van der Waals surface area contributed by atoms with Crippen LogP contribution in [-0.4, -0.2) is 28.3 Å². The molecule has 0 saturated heterocycles. The molecule has 0 aliphatic heterocycles. The summed E-state index contributed by atoms with van der Waals surface area (Å²) in [6, 6.07) is 12.1. The van der Waals surface area contributed by atoms with Gasteiger partial charge in [-0.2, -0.15) is 0 Å². The second kappa shape index (κ2) is 7.93. The van der Waals surface area contributed by atoms with Crippen LogP contribution in [0.5, 0.6) is 0 Å². The van der Waals surface area contributed by atoms with Gasteiger partial charge in [0.25, 0.3) is 0 Å². The molecule has 0 radical (unpaired) electrons. The van der Waals surface area contributed by atoms with Crippen LogP contribution in [0.4, 0.5) is 4.79 Å². The van der Waals surface area contributed by atoms with Crippen LogP contribution in [0.1, 0.15) is 31.2 Å². The fourth-order valence-electron chi connectivity index (χ4n) is 2.99. The molecule has 0 bridgehead atoms. The molecule has 2 aromatic rings. The number of nitrogens with zero attached hydrogens (tertiary/aromatic N) is 1. The van der Waals surface area contributed by atoms with Crippen molar-refractivity contribution in [1.29, 1.82) is 0 Å². The Bertz CT molecular complexity index is 650. The van der Waals surface area contributed by atoms with Crippen LogP contribution in [-0.2, 0) is 6.54 Å². The number of nitrogens with one attached hydrogen (secondary N) is 2. The quantitative estimate of drug-likeness (QED) is 0.809. The van der Waals surface area contributed by atoms with Crippen molar-refractivity contribution in [2.24, 2.45) is 0 Å². The fourth-order valence-corrected chi connectivity index (χ4v) is 2.99. The number of aromatic nitrogens is 1. The number of hydrogen-bond donors (Lipinski definition) is 3. The molecule has 1 heterocycles. The Labute approximate surface area is 142 Å². The summed E-state index contributed by atoms with van der Waals surface area (Å²) in [6.07, 6.45) is 6.60. The van der Waals surface area contributed by atoms with Crippen LogP contribution < -0.4 is 10.6 Å². The number of carbonyl (C=O) groups is 1. The van der Waals surface area contributed by atoms with Gasteiger partial charge in [-0.25, -0.2) is 4.79 Å². The number of hydrogen-bond acceptors (Lipinski definition) is 3. The lowest BCUT2D eigenvalue weighted by atomic mass is 9.93. The SMILES string of the molecule is O=C(NCc1ccc(-c2cccnc2)cc1)NC1CCC(O)CC1. The molecule has 0 unspecified atom stereocenters. The van der Waals surface area contributed by atoms with E-state index in [9.17, 15) is 9.90 Å². The highest BCUT2D eigenvalue weighted by molar-refractivity contribution is 5.74. The van der Waals surface area contributed by atoms with Gasteiger partial charge in [0, 0.05) is 25.0 Å². The van der Waals surface area contributed by atoms with Crippen molar-refractivity contribution in [3.05, 3.63) is 54.4 Å². The number of urea groups is 1. The van der Waals surface area contributed by atoms with E-state index < -0.39 is 0 Å². The zero-order valence-corrected chi connectivity index (χ0v) is 13.6. The summed E-state index contributed by atoms with van der Waals surface area (Å²) in [7, 11) is 0. The number of benzene rings is 1. The third-order valence-electron chi connectivity index (χ3n) is 4.43. The van der Waals surface area contributed by atoms with Crippen molar-refractivity contribution < 1.29 is 9.90 Å². The summed E-state index contributed by atoms with van der Waals surface area (Å²) in [5.41, 5.74) is 3.24. The highest BCUT2D eigenvalue weighted by atomic mass is 16.3. The summed E-state index contributed by atoms with van der Waals surface area (Å²) in [5, 5.41) is 15.4.